The first-order valence-electron chi connectivity index (χ1n) is 10.1. The van der Waals surface area contributed by atoms with E-state index in [9.17, 15) is 24.3 Å². The number of thiazole rings is 1. The van der Waals surface area contributed by atoms with Crippen molar-refractivity contribution < 1.29 is 24.3 Å². The number of aliphatic hydroxyl groups is 3. The summed E-state index contributed by atoms with van der Waals surface area (Å²) in [5.74, 6) is 0. The van der Waals surface area contributed by atoms with E-state index in [2.05, 4.69) is 20.7 Å². The monoisotopic (exact) mass is 466 g/mol. The largest absolute Gasteiger partial charge is 0.393 e. The summed E-state index contributed by atoms with van der Waals surface area (Å²) in [6.07, 6.45) is 5.76. The molecule has 0 saturated heterocycles. The maximum Gasteiger partial charge on any atom is 0.354 e. The Balaban J connectivity index is 1.69. The summed E-state index contributed by atoms with van der Waals surface area (Å²) in [6.45, 7) is 0.103. The lowest BCUT2D eigenvalue weighted by atomic mass is 9.99. The van der Waals surface area contributed by atoms with E-state index in [1.54, 1.807) is 0 Å². The molecular weight excluding hydrogens is 440 g/mol. The van der Waals surface area contributed by atoms with Crippen molar-refractivity contribution in [2.24, 2.45) is 9.50 Å². The number of aliphatic hydroxyl groups excluding tert-OH is 2. The van der Waals surface area contributed by atoms with Crippen LogP contribution in [0.3, 0.4) is 0 Å². The average molecular weight is 467 g/mol. The van der Waals surface area contributed by atoms with Crippen molar-refractivity contribution in [2.45, 2.75) is 61.9 Å². The van der Waals surface area contributed by atoms with Crippen LogP contribution in [0.4, 0.5) is 10.5 Å². The first kappa shape index (κ1) is 22.3. The van der Waals surface area contributed by atoms with Gasteiger partial charge < -0.3 is 20.6 Å². The van der Waals surface area contributed by atoms with Crippen LogP contribution >= 0.6 is 11.3 Å². The second kappa shape index (κ2) is 8.23. The third-order valence-corrected chi connectivity index (χ3v) is 9.08. The van der Waals surface area contributed by atoms with Gasteiger partial charge in [0.25, 0.3) is 0 Å². The van der Waals surface area contributed by atoms with Crippen molar-refractivity contribution in [3.8, 4) is 0 Å². The minimum Gasteiger partial charge on any atom is -0.393 e. The molecule has 2 atom stereocenters. The molecule has 11 heteroatoms. The fourth-order valence-electron chi connectivity index (χ4n) is 4.23. The van der Waals surface area contributed by atoms with E-state index in [0.717, 1.165) is 66.7 Å². The molecule has 2 unspecified atom stereocenters. The second-order valence-electron chi connectivity index (χ2n) is 8.17. The van der Waals surface area contributed by atoms with Gasteiger partial charge in [-0.3, -0.25) is 0 Å². The number of carbonyl (C=O) groups excluding carboxylic acids is 1. The van der Waals surface area contributed by atoms with Crippen LogP contribution in [-0.2, 0) is 47.8 Å². The molecule has 1 aromatic heterocycles. The second-order valence-corrected chi connectivity index (χ2v) is 11.2. The van der Waals surface area contributed by atoms with Crippen molar-refractivity contribution in [3.63, 3.8) is 0 Å². The van der Waals surface area contributed by atoms with Crippen LogP contribution in [0, 0.1) is 0 Å². The molecule has 6 N–H and O–H groups in total. The molecule has 2 aliphatic rings. The number of nitrogens with zero attached hydrogens (tertiary/aromatic N) is 2. The molecule has 168 valence electrons. The number of hydrogen-bond donors (Lipinski definition) is 5. The van der Waals surface area contributed by atoms with Gasteiger partial charge in [-0.2, -0.15) is 0 Å². The molecule has 0 fully saturated rings. The van der Waals surface area contributed by atoms with Gasteiger partial charge in [0.05, 0.1) is 18.9 Å². The molecule has 0 spiro atoms. The summed E-state index contributed by atoms with van der Waals surface area (Å²) in [6, 6.07) is 1.41. The van der Waals surface area contributed by atoms with E-state index >= 15 is 0 Å². The molecule has 2 aliphatic carbocycles. The number of amides is 2. The van der Waals surface area contributed by atoms with E-state index in [1.165, 1.54) is 18.1 Å². The minimum absolute atomic E-state index is 0.0292. The number of nitrogens with two attached hydrogens (primary N) is 1. The van der Waals surface area contributed by atoms with Crippen molar-refractivity contribution >= 4 is 33.0 Å². The van der Waals surface area contributed by atoms with E-state index in [4.69, 9.17) is 5.14 Å². The first-order valence-corrected chi connectivity index (χ1v) is 12.5. The maximum absolute atomic E-state index is 13.1. The lowest BCUT2D eigenvalue weighted by Gasteiger charge is -2.16. The number of rotatable bonds is 5. The number of aromatic nitrogens is 1. The Kier molecular flexibility index (Phi) is 5.92. The van der Waals surface area contributed by atoms with Crippen molar-refractivity contribution in [3.05, 3.63) is 39.0 Å². The topological polar surface area (TPSA) is 158 Å². The molecule has 0 saturated carbocycles. The summed E-state index contributed by atoms with van der Waals surface area (Å²) in [7, 11) is -3.73. The fourth-order valence-corrected chi connectivity index (χ4v) is 6.72. The lowest BCUT2D eigenvalue weighted by molar-refractivity contribution is -0.00264. The number of aryl methyl sites for hydroxylation is 2. The van der Waals surface area contributed by atoms with Gasteiger partial charge in [0.2, 0.25) is 0 Å². The van der Waals surface area contributed by atoms with E-state index in [0.29, 0.717) is 0 Å². The van der Waals surface area contributed by atoms with Crippen LogP contribution in [0.2, 0.25) is 0 Å². The van der Waals surface area contributed by atoms with Crippen LogP contribution in [0.1, 0.15) is 52.7 Å². The van der Waals surface area contributed by atoms with Crippen molar-refractivity contribution in [1.29, 1.82) is 0 Å². The summed E-state index contributed by atoms with van der Waals surface area (Å²) in [4.78, 5) is 16.8. The van der Waals surface area contributed by atoms with E-state index < -0.39 is 34.8 Å². The highest BCUT2D eigenvalue weighted by Crippen LogP contribution is 2.39. The molecule has 0 radical (unpaired) electrons. The zero-order valence-corrected chi connectivity index (χ0v) is 18.8. The van der Waals surface area contributed by atoms with Gasteiger partial charge in [0, 0.05) is 5.69 Å². The van der Waals surface area contributed by atoms with E-state index in [-0.39, 0.29) is 14.9 Å². The average Bonchev–Trinajstić information content (AvgIpc) is 3.45. The molecule has 1 aromatic carbocycles. The van der Waals surface area contributed by atoms with E-state index in [1.807, 2.05) is 0 Å². The van der Waals surface area contributed by atoms with Gasteiger partial charge in [-0.15, -0.1) is 15.7 Å². The Labute approximate surface area is 184 Å². The molecule has 1 heterocycles. The number of hydrogen-bond acceptors (Lipinski definition) is 7. The predicted octanol–water partition coefficient (Wildman–Crippen LogP) is 1.75. The summed E-state index contributed by atoms with van der Waals surface area (Å²) < 4.78 is 16.8. The van der Waals surface area contributed by atoms with Crippen LogP contribution in [0.25, 0.3) is 0 Å². The van der Waals surface area contributed by atoms with Gasteiger partial charge >= 0.3 is 6.03 Å². The lowest BCUT2D eigenvalue weighted by Crippen LogP contribution is -2.25. The van der Waals surface area contributed by atoms with Gasteiger partial charge in [-0.1, -0.05) is 6.07 Å². The Morgan fingerprint density at radius 3 is 2.42 bits per heavy atom. The highest BCUT2D eigenvalue weighted by Gasteiger charge is 2.31. The Morgan fingerprint density at radius 2 is 1.87 bits per heavy atom. The zero-order chi connectivity index (χ0) is 22.4. The molecule has 2 amide bonds. The third-order valence-electron chi connectivity index (χ3n) is 5.77. The summed E-state index contributed by atoms with van der Waals surface area (Å²) >= 11 is 0.756. The Hall–Kier alpha value is -1.89. The highest BCUT2D eigenvalue weighted by atomic mass is 32.2. The standard InChI is InChI=1S/C20H26N4O5S2/c1-20(28,10-26)18-22-15(9-25)17(30-18)31(21,29)24-19(27)23-16-13-6-2-4-11(13)8-12-5-3-7-14(12)16/h8,25-26,28H,2-7,9-10H2,1H3,(H3,21,23,24,27,29). The number of nitrogens with one attached hydrogen (secondary N) is 1. The summed E-state index contributed by atoms with van der Waals surface area (Å²) in [5, 5.41) is 37.9. The number of anilines is 1. The first-order chi connectivity index (χ1) is 14.7. The predicted molar refractivity (Wildman–Crippen MR) is 117 cm³/mol. The van der Waals surface area contributed by atoms with Gasteiger partial charge in [0.1, 0.15) is 14.8 Å². The van der Waals surface area contributed by atoms with Crippen LogP contribution in [0.5, 0.6) is 0 Å². The van der Waals surface area contributed by atoms with Crippen molar-refractivity contribution in [2.75, 3.05) is 11.9 Å². The molecule has 9 nitrogen and oxygen atoms in total. The normalized spacial score (nSPS) is 18.7. The quantitative estimate of drug-likeness (QED) is 0.451. The van der Waals surface area contributed by atoms with Crippen LogP contribution in [0.15, 0.2) is 14.6 Å². The molecular formula is C20H26N4O5S2. The SMILES string of the molecule is CC(O)(CO)c1nc(CO)c(S(N)(=O)=NC(=O)Nc2c3c(cc4c2CCC4)CCC3)s1. The summed E-state index contributed by atoms with van der Waals surface area (Å²) in [5.41, 5.74) is 3.73. The van der Waals surface area contributed by atoms with Crippen LogP contribution < -0.4 is 10.5 Å². The molecule has 2 aromatic rings. The van der Waals surface area contributed by atoms with Crippen LogP contribution in [-0.4, -0.2) is 37.2 Å². The number of fused-ring (bicyclic) bond motifs is 2. The third kappa shape index (κ3) is 4.13. The number of benzene rings is 1. The molecule has 0 bridgehead atoms. The molecule has 0 aliphatic heterocycles. The number of carbonyl (C=O) groups is 1. The fraction of sp³-hybridized carbons (Fsp3) is 0.500. The van der Waals surface area contributed by atoms with Gasteiger partial charge in [-0.25, -0.2) is 19.1 Å². The molecule has 4 rings (SSSR count). The molecule has 31 heavy (non-hydrogen) atoms. The van der Waals surface area contributed by atoms with Gasteiger partial charge in [0.15, 0.2) is 9.92 Å². The highest BCUT2D eigenvalue weighted by molar-refractivity contribution is 7.93. The number of urea groups is 1. The van der Waals surface area contributed by atoms with Gasteiger partial charge in [-0.05, 0) is 67.7 Å². The Morgan fingerprint density at radius 1 is 1.26 bits per heavy atom. The van der Waals surface area contributed by atoms with Crippen molar-refractivity contribution in [1.82, 2.24) is 4.98 Å². The maximum atomic E-state index is 13.1. The Bertz CT molecular complexity index is 1130. The zero-order valence-electron chi connectivity index (χ0n) is 17.2. The smallest absolute Gasteiger partial charge is 0.354 e. The minimum atomic E-state index is -3.73.